The van der Waals surface area contributed by atoms with Gasteiger partial charge in [-0.3, -0.25) is 4.90 Å². The molecule has 2 rings (SSSR count). The Hall–Kier alpha value is -1.88. The summed E-state index contributed by atoms with van der Waals surface area (Å²) in [6.07, 6.45) is 0. The maximum Gasteiger partial charge on any atom is 0.243 e. The number of ether oxygens (including phenoxy) is 1. The van der Waals surface area contributed by atoms with Crippen molar-refractivity contribution in [3.8, 4) is 5.75 Å². The van der Waals surface area contributed by atoms with Gasteiger partial charge in [0.15, 0.2) is 5.84 Å². The van der Waals surface area contributed by atoms with E-state index in [-0.39, 0.29) is 17.3 Å². The van der Waals surface area contributed by atoms with Crippen molar-refractivity contribution in [3.63, 3.8) is 0 Å². The summed E-state index contributed by atoms with van der Waals surface area (Å²) in [5, 5.41) is 12.4. The summed E-state index contributed by atoms with van der Waals surface area (Å²) in [4.78, 5) is 2.14. The van der Waals surface area contributed by atoms with Crippen LogP contribution in [0.1, 0.15) is 12.5 Å². The number of aliphatic hydroxyl groups is 1. The standard InChI is InChI=1S/C15H25N5O4S/c1-2-24-14-4-3-12(11-13(14)15(16)18-17)25(22,23)20-7-5-19(6-8-20)9-10-21/h3-4,11,21H,2,5-10,17H2,1H3,(H2,16,18). The molecule has 0 amide bonds. The number of hydrazone groups is 1. The van der Waals surface area contributed by atoms with Crippen molar-refractivity contribution in [3.05, 3.63) is 23.8 Å². The van der Waals surface area contributed by atoms with Crippen LogP contribution in [0.2, 0.25) is 0 Å². The number of sulfonamides is 1. The van der Waals surface area contributed by atoms with E-state index in [1.165, 1.54) is 16.4 Å². The van der Waals surface area contributed by atoms with Crippen LogP contribution >= 0.6 is 0 Å². The van der Waals surface area contributed by atoms with Gasteiger partial charge in [-0.15, -0.1) is 0 Å². The number of aliphatic hydroxyl groups excluding tert-OH is 1. The van der Waals surface area contributed by atoms with Gasteiger partial charge in [0.1, 0.15) is 5.75 Å². The summed E-state index contributed by atoms with van der Waals surface area (Å²) < 4.78 is 32.7. The van der Waals surface area contributed by atoms with E-state index in [1.54, 1.807) is 6.07 Å². The molecule has 140 valence electrons. The molecule has 0 aromatic heterocycles. The van der Waals surface area contributed by atoms with Gasteiger partial charge in [0.2, 0.25) is 10.0 Å². The van der Waals surface area contributed by atoms with E-state index in [1.807, 2.05) is 11.8 Å². The Balaban J connectivity index is 2.27. The molecule has 9 nitrogen and oxygen atoms in total. The molecule has 0 radical (unpaired) electrons. The molecule has 1 aromatic carbocycles. The van der Waals surface area contributed by atoms with Crippen LogP contribution in [0.3, 0.4) is 0 Å². The minimum Gasteiger partial charge on any atom is -0.493 e. The SMILES string of the molecule is CCOc1ccc(S(=O)(=O)N2CCN(CCO)CC2)cc1/C(N)=N/N. The molecule has 1 aliphatic rings. The summed E-state index contributed by atoms with van der Waals surface area (Å²) in [6.45, 7) is 4.72. The Morgan fingerprint density at radius 3 is 2.56 bits per heavy atom. The molecule has 1 aromatic rings. The minimum atomic E-state index is -3.66. The van der Waals surface area contributed by atoms with Gasteiger partial charge in [0, 0.05) is 32.7 Å². The van der Waals surface area contributed by atoms with Crippen LogP contribution in [0.4, 0.5) is 0 Å². The Morgan fingerprint density at radius 2 is 2.00 bits per heavy atom. The smallest absolute Gasteiger partial charge is 0.243 e. The highest BCUT2D eigenvalue weighted by Crippen LogP contribution is 2.25. The summed E-state index contributed by atoms with van der Waals surface area (Å²) in [7, 11) is -3.66. The number of amidine groups is 1. The average molecular weight is 371 g/mol. The normalized spacial score (nSPS) is 17.6. The largest absolute Gasteiger partial charge is 0.493 e. The molecule has 25 heavy (non-hydrogen) atoms. The number of rotatable bonds is 7. The highest BCUT2D eigenvalue weighted by atomic mass is 32.2. The molecule has 0 atom stereocenters. The maximum absolute atomic E-state index is 12.9. The summed E-state index contributed by atoms with van der Waals surface area (Å²) >= 11 is 0. The first-order valence-corrected chi connectivity index (χ1v) is 9.52. The number of β-amino-alcohol motifs (C(OH)–C–C–N with tert-alkyl or cyclic N) is 1. The Morgan fingerprint density at radius 1 is 1.32 bits per heavy atom. The van der Waals surface area contributed by atoms with Gasteiger partial charge in [0.25, 0.3) is 0 Å². The Kier molecular flexibility index (Phi) is 6.59. The van der Waals surface area contributed by atoms with Gasteiger partial charge >= 0.3 is 0 Å². The van der Waals surface area contributed by atoms with Gasteiger partial charge in [-0.25, -0.2) is 8.42 Å². The predicted octanol–water partition coefficient (Wildman–Crippen LogP) is -1.04. The van der Waals surface area contributed by atoms with Gasteiger partial charge in [-0.1, -0.05) is 0 Å². The minimum absolute atomic E-state index is 0.00765. The molecule has 1 fully saturated rings. The molecule has 0 bridgehead atoms. The van der Waals surface area contributed by atoms with Crippen LogP contribution in [-0.2, 0) is 10.0 Å². The van der Waals surface area contributed by atoms with Crippen molar-refractivity contribution in [2.75, 3.05) is 45.9 Å². The van der Waals surface area contributed by atoms with E-state index < -0.39 is 10.0 Å². The fraction of sp³-hybridized carbons (Fsp3) is 0.533. The summed E-state index contributed by atoms with van der Waals surface area (Å²) in [5.41, 5.74) is 6.12. The topological polar surface area (TPSA) is 134 Å². The first-order valence-electron chi connectivity index (χ1n) is 8.08. The van der Waals surface area contributed by atoms with Crippen LogP contribution in [0.5, 0.6) is 5.75 Å². The first kappa shape index (κ1) is 19.4. The van der Waals surface area contributed by atoms with E-state index in [2.05, 4.69) is 5.10 Å². The second-order valence-corrected chi connectivity index (χ2v) is 7.51. The van der Waals surface area contributed by atoms with E-state index in [0.717, 1.165) is 0 Å². The highest BCUT2D eigenvalue weighted by molar-refractivity contribution is 7.89. The summed E-state index contributed by atoms with van der Waals surface area (Å²) in [5.74, 6) is 5.68. The number of hydrogen-bond acceptors (Lipinski definition) is 7. The molecule has 10 heteroatoms. The van der Waals surface area contributed by atoms with Crippen LogP contribution in [0.15, 0.2) is 28.2 Å². The van der Waals surface area contributed by atoms with Crippen LogP contribution in [0, 0.1) is 0 Å². The Bertz CT molecular complexity index is 715. The van der Waals surface area contributed by atoms with Gasteiger partial charge in [-0.2, -0.15) is 9.41 Å². The van der Waals surface area contributed by atoms with Gasteiger partial charge < -0.3 is 21.4 Å². The summed E-state index contributed by atoms with van der Waals surface area (Å²) in [6, 6.07) is 4.49. The quantitative estimate of drug-likeness (QED) is 0.241. The van der Waals surface area contributed by atoms with Gasteiger partial charge in [-0.05, 0) is 25.1 Å². The zero-order valence-corrected chi connectivity index (χ0v) is 15.1. The van der Waals surface area contributed by atoms with Crippen molar-refractivity contribution in [2.24, 2.45) is 16.7 Å². The van der Waals surface area contributed by atoms with Crippen LogP contribution in [-0.4, -0.2) is 74.5 Å². The second kappa shape index (κ2) is 8.48. The lowest BCUT2D eigenvalue weighted by Gasteiger charge is -2.33. The van der Waals surface area contributed by atoms with Crippen LogP contribution in [0.25, 0.3) is 0 Å². The van der Waals surface area contributed by atoms with E-state index >= 15 is 0 Å². The fourth-order valence-corrected chi connectivity index (χ4v) is 4.15. The first-order chi connectivity index (χ1) is 11.9. The number of hydrogen-bond donors (Lipinski definition) is 3. The van der Waals surface area contributed by atoms with E-state index in [4.69, 9.17) is 21.4 Å². The van der Waals surface area contributed by atoms with Crippen molar-refractivity contribution in [2.45, 2.75) is 11.8 Å². The highest BCUT2D eigenvalue weighted by Gasteiger charge is 2.29. The number of piperazine rings is 1. The second-order valence-electron chi connectivity index (χ2n) is 5.57. The molecule has 0 spiro atoms. The molecular formula is C15H25N5O4S. The molecular weight excluding hydrogens is 346 g/mol. The van der Waals surface area contributed by atoms with Crippen molar-refractivity contribution < 1.29 is 18.3 Å². The lowest BCUT2D eigenvalue weighted by molar-refractivity contribution is 0.151. The molecule has 1 saturated heterocycles. The van der Waals surface area contributed by atoms with Crippen molar-refractivity contribution in [1.29, 1.82) is 0 Å². The average Bonchev–Trinajstić information content (AvgIpc) is 2.62. The molecule has 0 saturated carbocycles. The number of nitrogens with zero attached hydrogens (tertiary/aromatic N) is 3. The lowest BCUT2D eigenvalue weighted by Crippen LogP contribution is -2.49. The third-order valence-electron chi connectivity index (χ3n) is 4.05. The predicted molar refractivity (Wildman–Crippen MR) is 94.8 cm³/mol. The molecule has 0 unspecified atom stereocenters. The zero-order chi connectivity index (χ0) is 18.4. The molecule has 0 aliphatic carbocycles. The lowest BCUT2D eigenvalue weighted by atomic mass is 10.2. The third kappa shape index (κ3) is 4.40. The van der Waals surface area contributed by atoms with Crippen molar-refractivity contribution >= 4 is 15.9 Å². The fourth-order valence-electron chi connectivity index (χ4n) is 2.70. The van der Waals surface area contributed by atoms with E-state index in [0.29, 0.717) is 50.6 Å². The zero-order valence-electron chi connectivity index (χ0n) is 14.3. The number of nitrogens with two attached hydrogens (primary N) is 2. The molecule has 1 heterocycles. The number of benzene rings is 1. The monoisotopic (exact) mass is 371 g/mol. The van der Waals surface area contributed by atoms with E-state index in [9.17, 15) is 8.42 Å². The third-order valence-corrected chi connectivity index (χ3v) is 5.95. The molecule has 1 aliphatic heterocycles. The van der Waals surface area contributed by atoms with Crippen molar-refractivity contribution in [1.82, 2.24) is 9.21 Å². The van der Waals surface area contributed by atoms with Crippen LogP contribution < -0.4 is 16.3 Å². The maximum atomic E-state index is 12.9. The van der Waals surface area contributed by atoms with Gasteiger partial charge in [0.05, 0.1) is 23.7 Å². The Labute approximate surface area is 147 Å². The molecule has 5 N–H and O–H groups in total.